The molecule has 0 aromatic carbocycles. The van der Waals surface area contributed by atoms with Crippen LogP contribution in [0.25, 0.3) is 0 Å². The minimum Gasteiger partial charge on any atom is -0.396 e. The van der Waals surface area contributed by atoms with Crippen molar-refractivity contribution in [2.24, 2.45) is 0 Å². The predicted molar refractivity (Wildman–Crippen MR) is 105 cm³/mol. The lowest BCUT2D eigenvalue weighted by molar-refractivity contribution is 0.0400. The van der Waals surface area contributed by atoms with Gasteiger partial charge < -0.3 is 5.11 Å². The van der Waals surface area contributed by atoms with Crippen LogP contribution in [0.1, 0.15) is 17.8 Å². The number of hydrogen-bond donors (Lipinski definition) is 1. The van der Waals surface area contributed by atoms with E-state index in [9.17, 15) is 5.11 Å². The van der Waals surface area contributed by atoms with E-state index >= 15 is 0 Å². The van der Waals surface area contributed by atoms with Gasteiger partial charge in [0.2, 0.25) is 0 Å². The Morgan fingerprint density at radius 1 is 1.21 bits per heavy atom. The summed E-state index contributed by atoms with van der Waals surface area (Å²) in [5.41, 5.74) is 2.23. The average molecular weight is 368 g/mol. The minimum atomic E-state index is 0.268. The SMILES string of the molecule is Cc1cccc(CN2CCN(C3CSCCSC3)C[C@H]2CCO)n1. The molecular formula is C18H29N3OS2. The lowest BCUT2D eigenvalue weighted by atomic mass is 10.1. The van der Waals surface area contributed by atoms with Gasteiger partial charge in [-0.15, -0.1) is 0 Å². The van der Waals surface area contributed by atoms with Crippen LogP contribution in [0.15, 0.2) is 18.2 Å². The highest BCUT2D eigenvalue weighted by Gasteiger charge is 2.31. The Kier molecular flexibility index (Phi) is 7.28. The molecule has 4 nitrogen and oxygen atoms in total. The number of pyridine rings is 1. The maximum atomic E-state index is 9.52. The van der Waals surface area contributed by atoms with E-state index in [0.717, 1.165) is 44.0 Å². The van der Waals surface area contributed by atoms with Gasteiger partial charge in [0, 0.05) is 73.6 Å². The molecule has 0 bridgehead atoms. The van der Waals surface area contributed by atoms with Crippen LogP contribution in [0.4, 0.5) is 0 Å². The van der Waals surface area contributed by atoms with Crippen LogP contribution in [0.2, 0.25) is 0 Å². The molecule has 0 amide bonds. The first-order valence-electron chi connectivity index (χ1n) is 8.93. The van der Waals surface area contributed by atoms with E-state index in [4.69, 9.17) is 0 Å². The second-order valence-corrected chi connectivity index (χ2v) is 9.01. The van der Waals surface area contributed by atoms with Crippen LogP contribution in [0.5, 0.6) is 0 Å². The molecule has 0 saturated carbocycles. The number of nitrogens with zero attached hydrogens (tertiary/aromatic N) is 3. The maximum absolute atomic E-state index is 9.52. The number of piperazine rings is 1. The van der Waals surface area contributed by atoms with E-state index in [1.807, 2.05) is 13.0 Å². The Bertz CT molecular complexity index is 509. The van der Waals surface area contributed by atoms with Gasteiger partial charge in [-0.2, -0.15) is 23.5 Å². The number of aryl methyl sites for hydroxylation is 1. The molecule has 0 unspecified atom stereocenters. The fourth-order valence-corrected chi connectivity index (χ4v) is 6.22. The molecule has 2 fully saturated rings. The van der Waals surface area contributed by atoms with E-state index in [1.54, 1.807) is 0 Å². The number of thioether (sulfide) groups is 2. The zero-order valence-electron chi connectivity index (χ0n) is 14.6. The topological polar surface area (TPSA) is 39.6 Å². The number of rotatable bonds is 5. The van der Waals surface area contributed by atoms with E-state index in [1.165, 1.54) is 23.0 Å². The van der Waals surface area contributed by atoms with Gasteiger partial charge in [0.05, 0.1) is 5.69 Å². The summed E-state index contributed by atoms with van der Waals surface area (Å²) < 4.78 is 0. The van der Waals surface area contributed by atoms with Crippen molar-refractivity contribution < 1.29 is 5.11 Å². The van der Waals surface area contributed by atoms with Crippen molar-refractivity contribution in [1.82, 2.24) is 14.8 Å². The standard InChI is InChI=1S/C18H29N3OS2/c1-15-3-2-4-16(19-15)11-20-6-7-21(12-17(20)5-8-22)18-13-23-9-10-24-14-18/h2-4,17-18,22H,5-14H2,1H3/t17-/m1/s1. The highest BCUT2D eigenvalue weighted by atomic mass is 32.2. The van der Waals surface area contributed by atoms with Crippen LogP contribution in [-0.4, -0.2) is 81.2 Å². The second kappa shape index (κ2) is 9.43. The third-order valence-corrected chi connectivity index (χ3v) is 7.40. The summed E-state index contributed by atoms with van der Waals surface area (Å²) in [6.45, 7) is 6.51. The van der Waals surface area contributed by atoms with Crippen LogP contribution in [-0.2, 0) is 6.54 Å². The predicted octanol–water partition coefficient (Wildman–Crippen LogP) is 2.11. The van der Waals surface area contributed by atoms with Gasteiger partial charge in [-0.25, -0.2) is 0 Å². The first-order valence-corrected chi connectivity index (χ1v) is 11.2. The van der Waals surface area contributed by atoms with Crippen molar-refractivity contribution in [2.45, 2.75) is 32.0 Å². The monoisotopic (exact) mass is 367 g/mol. The molecule has 2 aliphatic rings. The van der Waals surface area contributed by atoms with Crippen LogP contribution < -0.4 is 0 Å². The summed E-state index contributed by atoms with van der Waals surface area (Å²) in [6, 6.07) is 7.39. The summed E-state index contributed by atoms with van der Waals surface area (Å²) >= 11 is 4.20. The second-order valence-electron chi connectivity index (χ2n) is 6.71. The molecule has 1 aromatic heterocycles. The molecule has 1 N–H and O–H groups in total. The summed E-state index contributed by atoms with van der Waals surface area (Å²) in [7, 11) is 0. The van der Waals surface area contributed by atoms with Gasteiger partial charge in [-0.3, -0.25) is 14.8 Å². The number of hydrogen-bond acceptors (Lipinski definition) is 6. The fraction of sp³-hybridized carbons (Fsp3) is 0.722. The number of aliphatic hydroxyl groups is 1. The molecule has 0 radical (unpaired) electrons. The van der Waals surface area contributed by atoms with Crippen LogP contribution in [0.3, 0.4) is 0 Å². The van der Waals surface area contributed by atoms with Crippen LogP contribution in [0, 0.1) is 6.92 Å². The van der Waals surface area contributed by atoms with Crippen molar-refractivity contribution in [3.8, 4) is 0 Å². The van der Waals surface area contributed by atoms with E-state index < -0.39 is 0 Å². The molecule has 3 heterocycles. The van der Waals surface area contributed by atoms with Crippen molar-refractivity contribution in [3.05, 3.63) is 29.6 Å². The van der Waals surface area contributed by atoms with Gasteiger partial charge in [0.1, 0.15) is 0 Å². The van der Waals surface area contributed by atoms with E-state index in [-0.39, 0.29) is 6.61 Å². The zero-order chi connectivity index (χ0) is 16.8. The molecule has 2 saturated heterocycles. The number of aliphatic hydroxyl groups excluding tert-OH is 1. The Morgan fingerprint density at radius 3 is 2.71 bits per heavy atom. The molecule has 1 atom stereocenters. The van der Waals surface area contributed by atoms with Crippen molar-refractivity contribution in [1.29, 1.82) is 0 Å². The Labute approximate surface area is 154 Å². The molecule has 24 heavy (non-hydrogen) atoms. The van der Waals surface area contributed by atoms with Crippen molar-refractivity contribution in [2.75, 3.05) is 49.3 Å². The Balaban J connectivity index is 1.62. The lowest BCUT2D eigenvalue weighted by Crippen LogP contribution is -2.56. The Hall–Kier alpha value is -0.270. The summed E-state index contributed by atoms with van der Waals surface area (Å²) in [5, 5.41) is 9.52. The first-order chi connectivity index (χ1) is 11.8. The smallest absolute Gasteiger partial charge is 0.0547 e. The van der Waals surface area contributed by atoms with Gasteiger partial charge in [-0.05, 0) is 25.5 Å². The first kappa shape index (κ1) is 18.5. The number of aromatic nitrogens is 1. The van der Waals surface area contributed by atoms with E-state index in [2.05, 4.69) is 50.4 Å². The lowest BCUT2D eigenvalue weighted by Gasteiger charge is -2.44. The summed E-state index contributed by atoms with van der Waals surface area (Å²) in [4.78, 5) is 9.85. The highest BCUT2D eigenvalue weighted by Crippen LogP contribution is 2.24. The molecule has 0 spiro atoms. The van der Waals surface area contributed by atoms with Gasteiger partial charge in [0.25, 0.3) is 0 Å². The largest absolute Gasteiger partial charge is 0.396 e. The van der Waals surface area contributed by atoms with Gasteiger partial charge >= 0.3 is 0 Å². The van der Waals surface area contributed by atoms with Crippen molar-refractivity contribution in [3.63, 3.8) is 0 Å². The molecule has 0 aliphatic carbocycles. The van der Waals surface area contributed by atoms with Gasteiger partial charge in [-0.1, -0.05) is 6.07 Å². The molecular weight excluding hydrogens is 338 g/mol. The summed E-state index contributed by atoms with van der Waals surface area (Å²) in [5.74, 6) is 5.11. The fourth-order valence-electron chi connectivity index (χ4n) is 3.59. The quantitative estimate of drug-likeness (QED) is 0.859. The summed E-state index contributed by atoms with van der Waals surface area (Å²) in [6.07, 6.45) is 0.856. The molecule has 3 rings (SSSR count). The molecule has 134 valence electrons. The van der Waals surface area contributed by atoms with Crippen molar-refractivity contribution >= 4 is 23.5 Å². The molecule has 6 heteroatoms. The average Bonchev–Trinajstić information content (AvgIpc) is 2.86. The van der Waals surface area contributed by atoms with E-state index in [0.29, 0.717) is 12.1 Å². The molecule has 1 aromatic rings. The minimum absolute atomic E-state index is 0.268. The third kappa shape index (κ3) is 5.11. The maximum Gasteiger partial charge on any atom is 0.0547 e. The Morgan fingerprint density at radius 2 is 2.00 bits per heavy atom. The molecule has 2 aliphatic heterocycles. The van der Waals surface area contributed by atoms with Gasteiger partial charge in [0.15, 0.2) is 0 Å². The highest BCUT2D eigenvalue weighted by molar-refractivity contribution is 8.03. The zero-order valence-corrected chi connectivity index (χ0v) is 16.2. The normalized spacial score (nSPS) is 24.8. The third-order valence-electron chi connectivity index (χ3n) is 4.92. The van der Waals surface area contributed by atoms with Crippen LogP contribution >= 0.6 is 23.5 Å².